The zero-order valence-corrected chi connectivity index (χ0v) is 18.3. The van der Waals surface area contributed by atoms with E-state index in [2.05, 4.69) is 15.3 Å². The maximum absolute atomic E-state index is 13.3. The Bertz CT molecular complexity index is 1420. The Balaban J connectivity index is 1.66. The summed E-state index contributed by atoms with van der Waals surface area (Å²) in [5.41, 5.74) is 1.65. The number of nitrogens with zero attached hydrogens (tertiary/aromatic N) is 4. The van der Waals surface area contributed by atoms with E-state index in [1.165, 1.54) is 17.0 Å². The minimum atomic E-state index is -0.638. The summed E-state index contributed by atoms with van der Waals surface area (Å²) in [5, 5.41) is 2.81. The first kappa shape index (κ1) is 21.9. The van der Waals surface area contributed by atoms with Crippen LogP contribution in [0.3, 0.4) is 0 Å². The molecule has 0 saturated heterocycles. The van der Waals surface area contributed by atoms with Gasteiger partial charge in [-0.15, -0.1) is 0 Å². The van der Waals surface area contributed by atoms with Crippen molar-refractivity contribution in [3.8, 4) is 5.75 Å². The highest BCUT2D eigenvalue weighted by Gasteiger charge is 2.17. The fourth-order valence-corrected chi connectivity index (χ4v) is 3.47. The smallest absolute Gasteiger partial charge is 0.333 e. The number of rotatable bonds is 7. The van der Waals surface area contributed by atoms with E-state index in [-0.39, 0.29) is 30.2 Å². The van der Waals surface area contributed by atoms with Gasteiger partial charge in [0.05, 0.1) is 13.7 Å². The number of aromatic nitrogens is 4. The highest BCUT2D eigenvalue weighted by Crippen LogP contribution is 2.13. The second-order valence-electron chi connectivity index (χ2n) is 7.60. The first-order chi connectivity index (χ1) is 16.0. The average Bonchev–Trinajstić information content (AvgIpc) is 2.84. The maximum Gasteiger partial charge on any atom is 0.333 e. The van der Waals surface area contributed by atoms with Crippen LogP contribution < -0.4 is 21.3 Å². The van der Waals surface area contributed by atoms with Crippen molar-refractivity contribution < 1.29 is 9.53 Å². The second kappa shape index (κ2) is 9.47. The molecular weight excluding hydrogens is 422 g/mol. The number of fused-ring (bicyclic) bond motifs is 1. The number of hydrogen-bond donors (Lipinski definition) is 1. The normalized spacial score (nSPS) is 10.8. The van der Waals surface area contributed by atoms with Crippen molar-refractivity contribution >= 4 is 17.1 Å². The Hall–Kier alpha value is -4.27. The molecule has 0 bridgehead atoms. The van der Waals surface area contributed by atoms with E-state index in [1.807, 2.05) is 31.2 Å². The molecule has 2 aromatic heterocycles. The van der Waals surface area contributed by atoms with Gasteiger partial charge < -0.3 is 10.1 Å². The molecule has 1 N–H and O–H groups in total. The maximum atomic E-state index is 13.3. The fourth-order valence-electron chi connectivity index (χ4n) is 3.47. The van der Waals surface area contributed by atoms with E-state index >= 15 is 0 Å². The Morgan fingerprint density at radius 3 is 2.52 bits per heavy atom. The van der Waals surface area contributed by atoms with Crippen molar-refractivity contribution in [2.75, 3.05) is 7.11 Å². The van der Waals surface area contributed by atoms with E-state index in [0.29, 0.717) is 17.9 Å². The molecule has 9 heteroatoms. The number of carbonyl (C=O) groups excluding carboxylic acids is 1. The summed E-state index contributed by atoms with van der Waals surface area (Å²) >= 11 is 0. The summed E-state index contributed by atoms with van der Waals surface area (Å²) in [6.45, 7) is 2.02. The van der Waals surface area contributed by atoms with E-state index < -0.39 is 11.2 Å². The molecule has 0 fully saturated rings. The lowest BCUT2D eigenvalue weighted by molar-refractivity contribution is -0.121. The molecule has 33 heavy (non-hydrogen) atoms. The van der Waals surface area contributed by atoms with Crippen molar-refractivity contribution in [1.82, 2.24) is 24.4 Å². The van der Waals surface area contributed by atoms with Gasteiger partial charge in [0.2, 0.25) is 5.91 Å². The molecule has 0 saturated carbocycles. The fraction of sp³-hybridized carbons (Fsp3) is 0.208. The number of aryl methyl sites for hydroxylation is 1. The molecule has 9 nitrogen and oxygen atoms in total. The molecule has 2 aromatic carbocycles. The summed E-state index contributed by atoms with van der Waals surface area (Å²) in [5.74, 6) is 0.230. The van der Waals surface area contributed by atoms with Gasteiger partial charge in [0.25, 0.3) is 5.56 Å². The van der Waals surface area contributed by atoms with E-state index in [4.69, 9.17) is 4.74 Å². The number of hydrogen-bond acceptors (Lipinski definition) is 6. The molecule has 0 radical (unpaired) electrons. The number of carbonyl (C=O) groups is 1. The highest BCUT2D eigenvalue weighted by atomic mass is 16.5. The molecule has 0 unspecified atom stereocenters. The van der Waals surface area contributed by atoms with Gasteiger partial charge >= 0.3 is 5.69 Å². The van der Waals surface area contributed by atoms with Crippen LogP contribution in [0.1, 0.15) is 16.7 Å². The molecule has 0 aliphatic carbocycles. The third-order valence-corrected chi connectivity index (χ3v) is 5.23. The summed E-state index contributed by atoms with van der Waals surface area (Å²) in [4.78, 5) is 47.2. The largest absolute Gasteiger partial charge is 0.497 e. The van der Waals surface area contributed by atoms with Crippen molar-refractivity contribution in [3.63, 3.8) is 0 Å². The van der Waals surface area contributed by atoms with Crippen LogP contribution in [0.5, 0.6) is 5.75 Å². The molecule has 1 amide bonds. The number of benzene rings is 2. The van der Waals surface area contributed by atoms with Crippen LogP contribution in [0, 0.1) is 6.92 Å². The Morgan fingerprint density at radius 2 is 1.76 bits per heavy atom. The average molecular weight is 445 g/mol. The van der Waals surface area contributed by atoms with Crippen LogP contribution in [-0.4, -0.2) is 32.1 Å². The Morgan fingerprint density at radius 1 is 1.00 bits per heavy atom. The molecule has 0 atom stereocenters. The summed E-state index contributed by atoms with van der Waals surface area (Å²) < 4.78 is 7.45. The summed E-state index contributed by atoms with van der Waals surface area (Å²) in [6, 6.07) is 14.9. The first-order valence-corrected chi connectivity index (χ1v) is 10.4. The molecule has 2 heterocycles. The lowest BCUT2D eigenvalue weighted by Crippen LogP contribution is -2.43. The monoisotopic (exact) mass is 445 g/mol. The minimum absolute atomic E-state index is 0.00632. The van der Waals surface area contributed by atoms with Gasteiger partial charge in [-0.3, -0.25) is 18.7 Å². The quantitative estimate of drug-likeness (QED) is 0.463. The SMILES string of the molecule is COc1cccc(Cn2c(=O)c3nccnc3n(CC(=O)NCc3ccc(C)cc3)c2=O)c1. The van der Waals surface area contributed by atoms with Crippen molar-refractivity contribution in [1.29, 1.82) is 0 Å². The van der Waals surface area contributed by atoms with Gasteiger partial charge in [0, 0.05) is 18.9 Å². The van der Waals surface area contributed by atoms with E-state index in [9.17, 15) is 14.4 Å². The van der Waals surface area contributed by atoms with Gasteiger partial charge in [-0.2, -0.15) is 0 Å². The molecule has 4 rings (SSSR count). The topological polar surface area (TPSA) is 108 Å². The first-order valence-electron chi connectivity index (χ1n) is 10.4. The molecule has 0 aliphatic heterocycles. The zero-order chi connectivity index (χ0) is 23.4. The van der Waals surface area contributed by atoms with Gasteiger partial charge in [-0.25, -0.2) is 14.8 Å². The standard InChI is InChI=1S/C24H23N5O4/c1-16-6-8-17(9-7-16)13-27-20(30)15-28-22-21(25-10-11-26-22)23(31)29(24(28)32)14-18-4-3-5-19(12-18)33-2/h3-12H,13-15H2,1-2H3,(H,27,30). The van der Waals surface area contributed by atoms with Gasteiger partial charge in [-0.05, 0) is 30.2 Å². The van der Waals surface area contributed by atoms with E-state index in [0.717, 1.165) is 15.7 Å². The van der Waals surface area contributed by atoms with E-state index in [1.54, 1.807) is 31.4 Å². The molecule has 0 aliphatic rings. The van der Waals surface area contributed by atoms with Crippen molar-refractivity contribution in [3.05, 3.63) is 98.5 Å². The third-order valence-electron chi connectivity index (χ3n) is 5.23. The van der Waals surface area contributed by atoms with Crippen LogP contribution in [0.4, 0.5) is 0 Å². The number of nitrogens with one attached hydrogen (secondary N) is 1. The molecular formula is C24H23N5O4. The van der Waals surface area contributed by atoms with Crippen LogP contribution in [0.25, 0.3) is 11.2 Å². The molecule has 168 valence electrons. The van der Waals surface area contributed by atoms with Gasteiger partial charge in [-0.1, -0.05) is 42.0 Å². The Kier molecular flexibility index (Phi) is 6.30. The molecule has 4 aromatic rings. The van der Waals surface area contributed by atoms with Gasteiger partial charge in [0.1, 0.15) is 12.3 Å². The number of methoxy groups -OCH3 is 1. The second-order valence-corrected chi connectivity index (χ2v) is 7.60. The third kappa shape index (κ3) is 4.82. The number of ether oxygens (including phenoxy) is 1. The summed E-state index contributed by atoms with van der Waals surface area (Å²) in [7, 11) is 1.54. The molecule has 0 spiro atoms. The number of amides is 1. The van der Waals surface area contributed by atoms with Crippen LogP contribution in [0.15, 0.2) is 70.5 Å². The van der Waals surface area contributed by atoms with Crippen LogP contribution in [-0.2, 0) is 24.4 Å². The highest BCUT2D eigenvalue weighted by molar-refractivity contribution is 5.78. The Labute approximate surface area is 189 Å². The predicted octanol–water partition coefficient (Wildman–Crippen LogP) is 1.63. The van der Waals surface area contributed by atoms with Crippen LogP contribution >= 0.6 is 0 Å². The van der Waals surface area contributed by atoms with Crippen molar-refractivity contribution in [2.24, 2.45) is 0 Å². The predicted molar refractivity (Wildman–Crippen MR) is 123 cm³/mol. The lowest BCUT2D eigenvalue weighted by Gasteiger charge is -2.13. The summed E-state index contributed by atoms with van der Waals surface area (Å²) in [6.07, 6.45) is 2.76. The van der Waals surface area contributed by atoms with Crippen molar-refractivity contribution in [2.45, 2.75) is 26.6 Å². The van der Waals surface area contributed by atoms with Gasteiger partial charge in [0.15, 0.2) is 11.2 Å². The minimum Gasteiger partial charge on any atom is -0.497 e. The lowest BCUT2D eigenvalue weighted by atomic mass is 10.1. The zero-order valence-electron chi connectivity index (χ0n) is 18.3. The van der Waals surface area contributed by atoms with Crippen LogP contribution in [0.2, 0.25) is 0 Å².